The maximum Gasteiger partial charge on any atom is 0.270 e. The molecular weight excluding hydrogens is 354 g/mol. The molecule has 7 nitrogen and oxygen atoms in total. The van der Waals surface area contributed by atoms with Crippen LogP contribution in [-0.4, -0.2) is 66.2 Å². The van der Waals surface area contributed by atoms with Gasteiger partial charge in [0.2, 0.25) is 0 Å². The fraction of sp³-hybridized carbons (Fsp3) is 0.476. The number of nitrogens with zero attached hydrogens (tertiary/aromatic N) is 3. The van der Waals surface area contributed by atoms with E-state index >= 15 is 0 Å². The maximum absolute atomic E-state index is 12.6. The molecule has 28 heavy (non-hydrogen) atoms. The van der Waals surface area contributed by atoms with E-state index in [0.29, 0.717) is 17.3 Å². The van der Waals surface area contributed by atoms with E-state index in [1.807, 2.05) is 44.2 Å². The normalized spacial score (nSPS) is 15.8. The first kappa shape index (κ1) is 20.2. The summed E-state index contributed by atoms with van der Waals surface area (Å²) in [7, 11) is 0. The number of aromatic nitrogens is 2. The minimum Gasteiger partial charge on any atom is -0.379 e. The molecule has 3 rings (SSSR count). The molecule has 1 saturated heterocycles. The highest BCUT2D eigenvalue weighted by molar-refractivity contribution is 5.93. The zero-order valence-corrected chi connectivity index (χ0v) is 16.6. The third-order valence-corrected chi connectivity index (χ3v) is 4.82. The van der Waals surface area contributed by atoms with Crippen LogP contribution in [0.4, 0.5) is 5.82 Å². The van der Waals surface area contributed by atoms with Gasteiger partial charge in [0, 0.05) is 43.9 Å². The molecule has 1 aliphatic heterocycles. The number of hydrogen-bond donors (Lipinski definition) is 2. The van der Waals surface area contributed by atoms with E-state index in [1.165, 1.54) is 0 Å². The zero-order chi connectivity index (χ0) is 19.8. The molecule has 1 aliphatic rings. The van der Waals surface area contributed by atoms with Crippen LogP contribution in [0, 0.1) is 0 Å². The van der Waals surface area contributed by atoms with Crippen molar-refractivity contribution in [3.05, 3.63) is 42.1 Å². The van der Waals surface area contributed by atoms with E-state index in [9.17, 15) is 4.79 Å². The number of carbonyl (C=O) groups excluding carboxylic acids is 1. The van der Waals surface area contributed by atoms with E-state index in [2.05, 4.69) is 25.5 Å². The topological polar surface area (TPSA) is 79.4 Å². The highest BCUT2D eigenvalue weighted by Gasteiger charge is 2.15. The first-order valence-electron chi connectivity index (χ1n) is 9.95. The number of carbonyl (C=O) groups is 1. The number of amides is 1. The molecule has 0 bridgehead atoms. The molecule has 1 fully saturated rings. The summed E-state index contributed by atoms with van der Waals surface area (Å²) in [5, 5.41) is 6.33. The molecule has 7 heteroatoms. The number of morpholine rings is 1. The Labute approximate surface area is 166 Å². The zero-order valence-electron chi connectivity index (χ0n) is 16.6. The van der Waals surface area contributed by atoms with Gasteiger partial charge in [-0.3, -0.25) is 9.69 Å². The van der Waals surface area contributed by atoms with Crippen molar-refractivity contribution in [3.8, 4) is 11.4 Å². The quantitative estimate of drug-likeness (QED) is 0.729. The standard InChI is InChI=1S/C21H29N5O2/c1-3-16(2)23-21(27)18-15-19(22-9-10-26-11-13-28-14-12-26)25-20(24-18)17-7-5-4-6-8-17/h4-8,15-16H,3,9-14H2,1-2H3,(H,23,27)(H,22,24,25). The van der Waals surface area contributed by atoms with Crippen LogP contribution in [0.1, 0.15) is 30.8 Å². The number of nitrogens with one attached hydrogen (secondary N) is 2. The van der Waals surface area contributed by atoms with Crippen molar-refractivity contribution in [3.63, 3.8) is 0 Å². The van der Waals surface area contributed by atoms with Crippen molar-refractivity contribution in [1.82, 2.24) is 20.2 Å². The van der Waals surface area contributed by atoms with Gasteiger partial charge in [-0.1, -0.05) is 37.3 Å². The van der Waals surface area contributed by atoms with Gasteiger partial charge in [0.1, 0.15) is 11.5 Å². The van der Waals surface area contributed by atoms with Gasteiger partial charge in [0.15, 0.2) is 5.82 Å². The molecular formula is C21H29N5O2. The molecule has 2 aromatic rings. The first-order chi connectivity index (χ1) is 13.7. The second kappa shape index (κ2) is 10.1. The van der Waals surface area contributed by atoms with Crippen LogP contribution in [0.2, 0.25) is 0 Å². The fourth-order valence-electron chi connectivity index (χ4n) is 2.94. The third-order valence-electron chi connectivity index (χ3n) is 4.82. The van der Waals surface area contributed by atoms with Gasteiger partial charge >= 0.3 is 0 Å². The van der Waals surface area contributed by atoms with Crippen molar-refractivity contribution in [2.24, 2.45) is 0 Å². The molecule has 150 valence electrons. The van der Waals surface area contributed by atoms with Crippen LogP contribution in [0.5, 0.6) is 0 Å². The summed E-state index contributed by atoms with van der Waals surface area (Å²) in [5.41, 5.74) is 1.26. The van der Waals surface area contributed by atoms with Crippen LogP contribution in [0.3, 0.4) is 0 Å². The molecule has 1 unspecified atom stereocenters. The number of hydrogen-bond acceptors (Lipinski definition) is 6. The second-order valence-electron chi connectivity index (χ2n) is 6.99. The average Bonchev–Trinajstić information content (AvgIpc) is 2.75. The Hall–Kier alpha value is -2.51. The Morgan fingerprint density at radius 1 is 1.21 bits per heavy atom. The predicted molar refractivity (Wildman–Crippen MR) is 110 cm³/mol. The summed E-state index contributed by atoms with van der Waals surface area (Å²) in [4.78, 5) is 24.1. The minimum atomic E-state index is -0.176. The molecule has 1 atom stereocenters. The minimum absolute atomic E-state index is 0.0976. The van der Waals surface area contributed by atoms with Crippen molar-refractivity contribution >= 4 is 11.7 Å². The monoisotopic (exact) mass is 383 g/mol. The highest BCUT2D eigenvalue weighted by Crippen LogP contribution is 2.18. The van der Waals surface area contributed by atoms with Crippen LogP contribution in [-0.2, 0) is 4.74 Å². The number of ether oxygens (including phenoxy) is 1. The van der Waals surface area contributed by atoms with E-state index < -0.39 is 0 Å². The molecule has 2 N–H and O–H groups in total. The molecule has 1 amide bonds. The summed E-state index contributed by atoms with van der Waals surface area (Å²) in [5.74, 6) is 1.04. The van der Waals surface area contributed by atoms with Gasteiger partial charge in [0.05, 0.1) is 13.2 Å². The van der Waals surface area contributed by atoms with Gasteiger partial charge in [-0.25, -0.2) is 9.97 Å². The summed E-state index contributed by atoms with van der Waals surface area (Å²) in [6, 6.07) is 11.5. The molecule has 2 heterocycles. The van der Waals surface area contributed by atoms with Gasteiger partial charge in [0.25, 0.3) is 5.91 Å². The van der Waals surface area contributed by atoms with Gasteiger partial charge in [-0.05, 0) is 13.3 Å². The molecule has 0 aliphatic carbocycles. The van der Waals surface area contributed by atoms with E-state index in [-0.39, 0.29) is 11.9 Å². The Morgan fingerprint density at radius 2 is 1.96 bits per heavy atom. The van der Waals surface area contributed by atoms with Gasteiger partial charge in [-0.15, -0.1) is 0 Å². The van der Waals surface area contributed by atoms with Crippen molar-refractivity contribution in [1.29, 1.82) is 0 Å². The Morgan fingerprint density at radius 3 is 2.68 bits per heavy atom. The summed E-state index contributed by atoms with van der Waals surface area (Å²) >= 11 is 0. The Bertz CT molecular complexity index is 763. The lowest BCUT2D eigenvalue weighted by molar-refractivity contribution is 0.0398. The van der Waals surface area contributed by atoms with Crippen LogP contribution in [0.25, 0.3) is 11.4 Å². The van der Waals surface area contributed by atoms with E-state index in [4.69, 9.17) is 4.74 Å². The number of benzene rings is 1. The van der Waals surface area contributed by atoms with Crippen molar-refractivity contribution in [2.45, 2.75) is 26.3 Å². The van der Waals surface area contributed by atoms with Crippen molar-refractivity contribution in [2.75, 3.05) is 44.7 Å². The molecule has 0 radical (unpaired) electrons. The average molecular weight is 383 g/mol. The van der Waals surface area contributed by atoms with Crippen LogP contribution >= 0.6 is 0 Å². The number of rotatable bonds is 8. The predicted octanol–water partition coefficient (Wildman–Crippen LogP) is 2.42. The Kier molecular flexibility index (Phi) is 7.33. The fourth-order valence-corrected chi connectivity index (χ4v) is 2.94. The number of anilines is 1. The highest BCUT2D eigenvalue weighted by atomic mass is 16.5. The first-order valence-corrected chi connectivity index (χ1v) is 9.95. The SMILES string of the molecule is CCC(C)NC(=O)c1cc(NCCN2CCOCC2)nc(-c2ccccc2)n1. The van der Waals surface area contributed by atoms with Crippen LogP contribution in [0.15, 0.2) is 36.4 Å². The molecule has 1 aromatic heterocycles. The summed E-state index contributed by atoms with van der Waals surface area (Å²) in [6.07, 6.45) is 0.868. The molecule has 1 aromatic carbocycles. The lowest BCUT2D eigenvalue weighted by Crippen LogP contribution is -2.39. The van der Waals surface area contributed by atoms with Crippen molar-refractivity contribution < 1.29 is 9.53 Å². The molecule has 0 saturated carbocycles. The second-order valence-corrected chi connectivity index (χ2v) is 6.99. The third kappa shape index (κ3) is 5.74. The Balaban J connectivity index is 1.75. The van der Waals surface area contributed by atoms with Gasteiger partial charge in [-0.2, -0.15) is 0 Å². The lowest BCUT2D eigenvalue weighted by atomic mass is 10.2. The summed E-state index contributed by atoms with van der Waals surface area (Å²) < 4.78 is 5.38. The van der Waals surface area contributed by atoms with Gasteiger partial charge < -0.3 is 15.4 Å². The summed E-state index contributed by atoms with van der Waals surface area (Å²) in [6.45, 7) is 9.14. The lowest BCUT2D eigenvalue weighted by Gasteiger charge is -2.26. The smallest absolute Gasteiger partial charge is 0.270 e. The molecule has 0 spiro atoms. The van der Waals surface area contributed by atoms with E-state index in [0.717, 1.165) is 51.4 Å². The van der Waals surface area contributed by atoms with E-state index in [1.54, 1.807) is 6.07 Å². The van der Waals surface area contributed by atoms with Crippen LogP contribution < -0.4 is 10.6 Å². The largest absolute Gasteiger partial charge is 0.379 e. The maximum atomic E-state index is 12.6.